The lowest BCUT2D eigenvalue weighted by Crippen LogP contribution is -1.90. The first-order valence-corrected chi connectivity index (χ1v) is 7.94. The van der Waals surface area contributed by atoms with E-state index in [1.54, 1.807) is 30.3 Å². The number of allylic oxidation sites excluding steroid dienone is 1. The molecule has 3 aromatic rings. The zero-order valence-electron chi connectivity index (χ0n) is 11.1. The predicted octanol–water partition coefficient (Wildman–Crippen LogP) is 6.40. The maximum Gasteiger partial charge on any atom is 0.221 e. The summed E-state index contributed by atoms with van der Waals surface area (Å²) in [5.74, 6) is 0.0859. The molecule has 22 heavy (non-hydrogen) atoms. The average Bonchev–Trinajstić information content (AvgIpc) is 2.91. The summed E-state index contributed by atoms with van der Waals surface area (Å²) in [5.41, 5.74) is 1.47. The number of furan rings is 1. The van der Waals surface area contributed by atoms with Gasteiger partial charge in [-0.3, -0.25) is 4.79 Å². The van der Waals surface area contributed by atoms with E-state index in [1.165, 1.54) is 6.08 Å². The lowest BCUT2D eigenvalue weighted by Gasteiger charge is -1.97. The van der Waals surface area contributed by atoms with Gasteiger partial charge in [-0.2, -0.15) is 0 Å². The van der Waals surface area contributed by atoms with Gasteiger partial charge in [-0.25, -0.2) is 0 Å². The number of hydrogen-bond acceptors (Lipinski definition) is 2. The van der Waals surface area contributed by atoms with Crippen molar-refractivity contribution in [1.29, 1.82) is 0 Å². The maximum absolute atomic E-state index is 12.2. The summed E-state index contributed by atoms with van der Waals surface area (Å²) in [5, 5.41) is 1.80. The van der Waals surface area contributed by atoms with Crippen molar-refractivity contribution in [3.63, 3.8) is 0 Å². The Hall–Kier alpha value is -1.55. The van der Waals surface area contributed by atoms with E-state index in [9.17, 15) is 4.79 Å². The third kappa shape index (κ3) is 3.27. The first-order chi connectivity index (χ1) is 10.5. The first-order valence-electron chi connectivity index (χ1n) is 6.39. The van der Waals surface area contributed by atoms with Crippen LogP contribution < -0.4 is 0 Å². The third-order valence-electron chi connectivity index (χ3n) is 3.09. The summed E-state index contributed by atoms with van der Waals surface area (Å²) in [7, 11) is 0. The highest BCUT2D eigenvalue weighted by Gasteiger charge is 2.09. The number of rotatable bonds is 3. The SMILES string of the molecule is O=C(/C=C/c1ccc(Cl)c(Cl)c1)c1cc2cc(Br)ccc2o1. The van der Waals surface area contributed by atoms with Crippen molar-refractivity contribution in [3.8, 4) is 0 Å². The van der Waals surface area contributed by atoms with Gasteiger partial charge in [0.2, 0.25) is 5.78 Å². The van der Waals surface area contributed by atoms with Gasteiger partial charge in [0.25, 0.3) is 0 Å². The smallest absolute Gasteiger partial charge is 0.221 e. The standard InChI is InChI=1S/C17H9BrCl2O2/c18-12-3-6-16-11(8-12)9-17(22-16)15(21)5-2-10-1-4-13(19)14(20)7-10/h1-9H/b5-2+. The molecule has 0 aliphatic rings. The maximum atomic E-state index is 12.2. The molecule has 0 bridgehead atoms. The van der Waals surface area contributed by atoms with Crippen molar-refractivity contribution in [1.82, 2.24) is 0 Å². The van der Waals surface area contributed by atoms with Crippen LogP contribution in [0.1, 0.15) is 16.1 Å². The molecule has 0 N–H and O–H groups in total. The number of hydrogen-bond donors (Lipinski definition) is 0. The van der Waals surface area contributed by atoms with E-state index in [0.29, 0.717) is 21.4 Å². The molecular formula is C17H9BrCl2O2. The molecule has 0 fully saturated rings. The van der Waals surface area contributed by atoms with Crippen LogP contribution in [-0.4, -0.2) is 5.78 Å². The Kier molecular flexibility index (Phi) is 4.39. The van der Waals surface area contributed by atoms with Crippen LogP contribution in [0.25, 0.3) is 17.0 Å². The van der Waals surface area contributed by atoms with Crippen molar-refractivity contribution < 1.29 is 9.21 Å². The summed E-state index contributed by atoms with van der Waals surface area (Å²) in [4.78, 5) is 12.2. The molecule has 0 spiro atoms. The molecule has 5 heteroatoms. The summed E-state index contributed by atoms with van der Waals surface area (Å²) in [6, 6.07) is 12.5. The van der Waals surface area contributed by atoms with Crippen LogP contribution in [0.2, 0.25) is 10.0 Å². The zero-order valence-corrected chi connectivity index (χ0v) is 14.2. The summed E-state index contributed by atoms with van der Waals surface area (Å²) in [6.07, 6.45) is 3.12. The minimum Gasteiger partial charge on any atom is -0.453 e. The molecule has 1 heterocycles. The van der Waals surface area contributed by atoms with Crippen molar-refractivity contribution in [2.45, 2.75) is 0 Å². The Morgan fingerprint density at radius 2 is 1.86 bits per heavy atom. The second-order valence-corrected chi connectivity index (χ2v) is 6.39. The molecule has 0 aliphatic carbocycles. The van der Waals surface area contributed by atoms with E-state index in [2.05, 4.69) is 15.9 Å². The second-order valence-electron chi connectivity index (χ2n) is 4.66. The molecule has 0 atom stereocenters. The topological polar surface area (TPSA) is 30.2 Å². The Morgan fingerprint density at radius 1 is 1.05 bits per heavy atom. The van der Waals surface area contributed by atoms with Gasteiger partial charge < -0.3 is 4.42 Å². The Bertz CT molecular complexity index is 897. The molecule has 0 aliphatic heterocycles. The van der Waals surface area contributed by atoms with Gasteiger partial charge in [0, 0.05) is 9.86 Å². The van der Waals surface area contributed by atoms with Crippen LogP contribution in [0.3, 0.4) is 0 Å². The first kappa shape index (κ1) is 15.3. The predicted molar refractivity (Wildman–Crippen MR) is 93.7 cm³/mol. The molecule has 1 aromatic heterocycles. The number of benzene rings is 2. The van der Waals surface area contributed by atoms with Crippen LogP contribution in [0.4, 0.5) is 0 Å². The van der Waals surface area contributed by atoms with E-state index < -0.39 is 0 Å². The van der Waals surface area contributed by atoms with Crippen molar-refractivity contribution in [2.75, 3.05) is 0 Å². The zero-order chi connectivity index (χ0) is 15.7. The number of carbonyl (C=O) groups excluding carboxylic acids is 1. The lowest BCUT2D eigenvalue weighted by atomic mass is 10.1. The number of ketones is 1. The molecule has 2 nitrogen and oxygen atoms in total. The number of fused-ring (bicyclic) bond motifs is 1. The fourth-order valence-corrected chi connectivity index (χ4v) is 2.69. The van der Waals surface area contributed by atoms with Crippen molar-refractivity contribution in [3.05, 3.63) is 74.4 Å². The van der Waals surface area contributed by atoms with Gasteiger partial charge >= 0.3 is 0 Å². The fraction of sp³-hybridized carbons (Fsp3) is 0. The van der Waals surface area contributed by atoms with Crippen molar-refractivity contribution >= 4 is 62.0 Å². The summed E-state index contributed by atoms with van der Waals surface area (Å²) in [6.45, 7) is 0. The highest BCUT2D eigenvalue weighted by atomic mass is 79.9. The molecule has 0 amide bonds. The molecule has 110 valence electrons. The Balaban J connectivity index is 1.85. The molecule has 0 radical (unpaired) electrons. The average molecular weight is 396 g/mol. The van der Waals surface area contributed by atoms with E-state index in [-0.39, 0.29) is 5.78 Å². The van der Waals surface area contributed by atoms with Crippen LogP contribution in [0.5, 0.6) is 0 Å². The van der Waals surface area contributed by atoms with Gasteiger partial charge in [0.05, 0.1) is 10.0 Å². The Morgan fingerprint density at radius 3 is 2.64 bits per heavy atom. The highest BCUT2D eigenvalue weighted by Crippen LogP contribution is 2.25. The largest absolute Gasteiger partial charge is 0.453 e. The molecular weight excluding hydrogens is 387 g/mol. The fourth-order valence-electron chi connectivity index (χ4n) is 2.01. The van der Waals surface area contributed by atoms with Gasteiger partial charge in [-0.05, 0) is 48.0 Å². The summed E-state index contributed by atoms with van der Waals surface area (Å²) < 4.78 is 6.48. The lowest BCUT2D eigenvalue weighted by molar-refractivity contribution is 0.102. The van der Waals surface area contributed by atoms with Crippen LogP contribution in [-0.2, 0) is 0 Å². The van der Waals surface area contributed by atoms with Crippen LogP contribution in [0.15, 0.2) is 57.4 Å². The van der Waals surface area contributed by atoms with Crippen LogP contribution in [0, 0.1) is 0 Å². The third-order valence-corrected chi connectivity index (χ3v) is 4.32. The van der Waals surface area contributed by atoms with E-state index in [4.69, 9.17) is 27.6 Å². The quantitative estimate of drug-likeness (QED) is 0.379. The molecule has 0 unspecified atom stereocenters. The monoisotopic (exact) mass is 394 g/mol. The van der Waals surface area contributed by atoms with E-state index >= 15 is 0 Å². The molecule has 3 rings (SSSR count). The van der Waals surface area contributed by atoms with Gasteiger partial charge in [0.15, 0.2) is 5.76 Å². The second kappa shape index (κ2) is 6.29. The van der Waals surface area contributed by atoms with E-state index in [1.807, 2.05) is 18.2 Å². The number of carbonyl (C=O) groups is 1. The highest BCUT2D eigenvalue weighted by molar-refractivity contribution is 9.10. The van der Waals surface area contributed by atoms with Gasteiger partial charge in [-0.1, -0.05) is 51.3 Å². The van der Waals surface area contributed by atoms with Crippen molar-refractivity contribution in [2.24, 2.45) is 0 Å². The molecule has 0 saturated heterocycles. The Labute approximate surface area is 145 Å². The minimum atomic E-state index is -0.210. The molecule has 2 aromatic carbocycles. The number of halogens is 3. The molecule has 0 saturated carbocycles. The van der Waals surface area contributed by atoms with E-state index in [0.717, 1.165) is 15.4 Å². The van der Waals surface area contributed by atoms with Gasteiger partial charge in [0.1, 0.15) is 5.58 Å². The normalized spacial score (nSPS) is 11.4. The minimum absolute atomic E-state index is 0.210. The summed E-state index contributed by atoms with van der Waals surface area (Å²) >= 11 is 15.2. The van der Waals surface area contributed by atoms with Gasteiger partial charge in [-0.15, -0.1) is 0 Å². The van der Waals surface area contributed by atoms with Crippen LogP contribution >= 0.6 is 39.1 Å².